The molecular formula is C18H24BrN5O2. The number of pyridine rings is 1. The Balaban J connectivity index is 1.41. The van der Waals surface area contributed by atoms with Gasteiger partial charge in [0.05, 0.1) is 0 Å². The van der Waals surface area contributed by atoms with Crippen LogP contribution in [0.25, 0.3) is 0 Å². The molecule has 140 valence electrons. The first-order valence-corrected chi connectivity index (χ1v) is 9.84. The van der Waals surface area contributed by atoms with Gasteiger partial charge in [0.1, 0.15) is 16.6 Å². The molecule has 26 heavy (non-hydrogen) atoms. The van der Waals surface area contributed by atoms with Crippen molar-refractivity contribution in [2.45, 2.75) is 38.6 Å². The fourth-order valence-corrected chi connectivity index (χ4v) is 3.73. The van der Waals surface area contributed by atoms with E-state index < -0.39 is 0 Å². The number of aromatic nitrogens is 4. The van der Waals surface area contributed by atoms with Crippen molar-refractivity contribution < 1.29 is 0 Å². The van der Waals surface area contributed by atoms with Crippen molar-refractivity contribution in [2.24, 2.45) is 13.0 Å². The van der Waals surface area contributed by atoms with Crippen molar-refractivity contribution in [3.8, 4) is 0 Å². The van der Waals surface area contributed by atoms with Crippen LogP contribution < -0.4 is 16.1 Å². The van der Waals surface area contributed by atoms with E-state index in [4.69, 9.17) is 0 Å². The first kappa shape index (κ1) is 18.8. The van der Waals surface area contributed by atoms with Crippen LogP contribution in [0.3, 0.4) is 0 Å². The highest BCUT2D eigenvalue weighted by atomic mass is 79.9. The lowest BCUT2D eigenvalue weighted by Crippen LogP contribution is -2.39. The molecular weight excluding hydrogens is 398 g/mol. The van der Waals surface area contributed by atoms with Gasteiger partial charge in [-0.15, -0.1) is 0 Å². The molecule has 1 saturated heterocycles. The molecule has 0 aromatic carbocycles. The number of hydrogen-bond donors (Lipinski definition) is 0. The van der Waals surface area contributed by atoms with Crippen LogP contribution in [0.2, 0.25) is 0 Å². The topological polar surface area (TPSA) is 73.0 Å². The molecule has 3 heterocycles. The molecule has 0 bridgehead atoms. The summed E-state index contributed by atoms with van der Waals surface area (Å²) in [6, 6.07) is 6.03. The third kappa shape index (κ3) is 4.60. The maximum Gasteiger partial charge on any atom is 0.347 e. The molecule has 0 atom stereocenters. The molecule has 1 fully saturated rings. The molecule has 1 aliphatic rings. The van der Waals surface area contributed by atoms with Gasteiger partial charge >= 0.3 is 5.69 Å². The van der Waals surface area contributed by atoms with Crippen molar-refractivity contribution in [3.63, 3.8) is 0 Å². The van der Waals surface area contributed by atoms with E-state index in [2.05, 4.69) is 37.0 Å². The number of piperidine rings is 1. The Labute approximate surface area is 160 Å². The van der Waals surface area contributed by atoms with Crippen LogP contribution >= 0.6 is 15.9 Å². The van der Waals surface area contributed by atoms with Gasteiger partial charge in [0.25, 0.3) is 5.56 Å². The van der Waals surface area contributed by atoms with Crippen molar-refractivity contribution in [1.29, 1.82) is 0 Å². The van der Waals surface area contributed by atoms with E-state index in [9.17, 15) is 9.59 Å². The summed E-state index contributed by atoms with van der Waals surface area (Å²) in [5.41, 5.74) is -0.703. The SMILES string of the molecule is Cn1c(=O)cnn(CCCCC2CCN(c3cccc(Br)n3)CC2)c1=O. The first-order chi connectivity index (χ1) is 12.5. The lowest BCUT2D eigenvalue weighted by Gasteiger charge is -2.33. The minimum Gasteiger partial charge on any atom is -0.357 e. The molecule has 0 radical (unpaired) electrons. The van der Waals surface area contributed by atoms with E-state index in [0.29, 0.717) is 6.54 Å². The number of nitrogens with zero attached hydrogens (tertiary/aromatic N) is 5. The van der Waals surface area contributed by atoms with E-state index >= 15 is 0 Å². The summed E-state index contributed by atoms with van der Waals surface area (Å²) in [5, 5.41) is 3.93. The Morgan fingerprint density at radius 1 is 1.19 bits per heavy atom. The molecule has 0 aliphatic carbocycles. The number of aryl methyl sites for hydroxylation is 1. The van der Waals surface area contributed by atoms with Gasteiger partial charge in [-0.1, -0.05) is 18.9 Å². The molecule has 3 rings (SSSR count). The molecule has 0 unspecified atom stereocenters. The quantitative estimate of drug-likeness (QED) is 0.527. The number of hydrogen-bond acceptors (Lipinski definition) is 5. The molecule has 8 heteroatoms. The van der Waals surface area contributed by atoms with Crippen molar-refractivity contribution in [1.82, 2.24) is 19.3 Å². The van der Waals surface area contributed by atoms with Gasteiger partial charge in [-0.3, -0.25) is 9.36 Å². The highest BCUT2D eigenvalue weighted by Gasteiger charge is 2.19. The number of unbranched alkanes of at least 4 members (excludes halogenated alkanes) is 1. The smallest absolute Gasteiger partial charge is 0.347 e. The molecule has 2 aromatic rings. The lowest BCUT2D eigenvalue weighted by atomic mass is 9.91. The summed E-state index contributed by atoms with van der Waals surface area (Å²) in [6.45, 7) is 2.64. The Bertz CT molecular complexity index is 855. The Morgan fingerprint density at radius 2 is 1.96 bits per heavy atom. The minimum atomic E-state index is -0.363. The van der Waals surface area contributed by atoms with E-state index in [1.807, 2.05) is 12.1 Å². The Hall–Kier alpha value is -1.96. The highest BCUT2D eigenvalue weighted by molar-refractivity contribution is 9.10. The fourth-order valence-electron chi connectivity index (χ4n) is 3.39. The summed E-state index contributed by atoms with van der Waals surface area (Å²) in [4.78, 5) is 30.2. The van der Waals surface area contributed by atoms with E-state index in [1.54, 1.807) is 0 Å². The fraction of sp³-hybridized carbons (Fsp3) is 0.556. The predicted octanol–water partition coefficient (Wildman–Crippen LogP) is 2.19. The zero-order valence-corrected chi connectivity index (χ0v) is 16.6. The number of halogens is 1. The summed E-state index contributed by atoms with van der Waals surface area (Å²) < 4.78 is 3.35. The zero-order valence-electron chi connectivity index (χ0n) is 15.0. The normalized spacial score (nSPS) is 15.4. The summed E-state index contributed by atoms with van der Waals surface area (Å²) in [7, 11) is 1.48. The van der Waals surface area contributed by atoms with Crippen molar-refractivity contribution >= 4 is 21.7 Å². The molecule has 7 nitrogen and oxygen atoms in total. The summed E-state index contributed by atoms with van der Waals surface area (Å²) in [5.74, 6) is 1.76. The second-order valence-corrected chi connectivity index (χ2v) is 7.60. The zero-order chi connectivity index (χ0) is 18.5. The predicted molar refractivity (Wildman–Crippen MR) is 104 cm³/mol. The van der Waals surface area contributed by atoms with Crippen LogP contribution in [0.4, 0.5) is 5.82 Å². The second-order valence-electron chi connectivity index (χ2n) is 6.79. The number of rotatable bonds is 6. The van der Waals surface area contributed by atoms with Gasteiger partial charge in [-0.25, -0.2) is 14.5 Å². The minimum absolute atomic E-state index is 0.340. The maximum absolute atomic E-state index is 11.9. The lowest BCUT2D eigenvalue weighted by molar-refractivity contribution is 0.359. The monoisotopic (exact) mass is 421 g/mol. The molecule has 1 aliphatic heterocycles. The van der Waals surface area contributed by atoms with Crippen LogP contribution in [0.1, 0.15) is 32.1 Å². The number of anilines is 1. The Kier molecular flexibility index (Phi) is 6.24. The summed E-state index contributed by atoms with van der Waals surface area (Å²) in [6.07, 6.45) is 6.68. The van der Waals surface area contributed by atoms with Crippen molar-refractivity contribution in [2.75, 3.05) is 18.0 Å². The molecule has 0 N–H and O–H groups in total. The average Bonchev–Trinajstić information content (AvgIpc) is 2.65. The van der Waals surface area contributed by atoms with Gasteiger partial charge < -0.3 is 4.90 Å². The second kappa shape index (κ2) is 8.62. The summed E-state index contributed by atoms with van der Waals surface area (Å²) >= 11 is 3.43. The molecule has 2 aromatic heterocycles. The largest absolute Gasteiger partial charge is 0.357 e. The van der Waals surface area contributed by atoms with Crippen LogP contribution in [-0.4, -0.2) is 32.4 Å². The Morgan fingerprint density at radius 3 is 2.69 bits per heavy atom. The van der Waals surface area contributed by atoms with Gasteiger partial charge in [-0.05, 0) is 53.2 Å². The molecule has 0 saturated carbocycles. The van der Waals surface area contributed by atoms with Gasteiger partial charge in [0, 0.05) is 26.7 Å². The average molecular weight is 422 g/mol. The van der Waals surface area contributed by atoms with Gasteiger partial charge in [0.15, 0.2) is 0 Å². The van der Waals surface area contributed by atoms with Gasteiger partial charge in [0.2, 0.25) is 0 Å². The standard InChI is InChI=1S/C18H24BrN5O2/c1-22-17(25)13-20-24(18(22)26)10-3-2-5-14-8-11-23(12-9-14)16-7-4-6-15(19)21-16/h4,6-7,13-14H,2-3,5,8-12H2,1H3. The highest BCUT2D eigenvalue weighted by Crippen LogP contribution is 2.26. The van der Waals surface area contributed by atoms with Crippen LogP contribution in [0, 0.1) is 5.92 Å². The van der Waals surface area contributed by atoms with E-state index in [1.165, 1.54) is 37.2 Å². The van der Waals surface area contributed by atoms with E-state index in [-0.39, 0.29) is 11.2 Å². The molecule has 0 spiro atoms. The first-order valence-electron chi connectivity index (χ1n) is 9.05. The van der Waals surface area contributed by atoms with Crippen molar-refractivity contribution in [3.05, 3.63) is 49.8 Å². The van der Waals surface area contributed by atoms with E-state index in [0.717, 1.165) is 46.8 Å². The van der Waals surface area contributed by atoms with Gasteiger partial charge in [-0.2, -0.15) is 5.10 Å². The van der Waals surface area contributed by atoms with Crippen LogP contribution in [0.15, 0.2) is 38.6 Å². The van der Waals surface area contributed by atoms with Crippen LogP contribution in [-0.2, 0) is 13.6 Å². The maximum atomic E-state index is 11.9. The molecule has 0 amide bonds. The van der Waals surface area contributed by atoms with Crippen LogP contribution in [0.5, 0.6) is 0 Å². The third-order valence-electron chi connectivity index (χ3n) is 5.02. The third-order valence-corrected chi connectivity index (χ3v) is 5.46.